The number of aryl methyl sites for hydroxylation is 2. The molecule has 1 saturated heterocycles. The second-order valence-electron chi connectivity index (χ2n) is 6.47. The highest BCUT2D eigenvalue weighted by Crippen LogP contribution is 2.28. The summed E-state index contributed by atoms with van der Waals surface area (Å²) < 4.78 is 2.03. The standard InChI is InChI=1S/C16H31N5/c1-6-21-9-7-14(8-10-21)19(4)16-15(11-12(2)17)13(3)18-20(16)5/h12,14H,6-11,17H2,1-5H3. The third kappa shape index (κ3) is 3.58. The van der Waals surface area contributed by atoms with Gasteiger partial charge in [-0.05, 0) is 39.7 Å². The highest BCUT2D eigenvalue weighted by atomic mass is 15.4. The van der Waals surface area contributed by atoms with Gasteiger partial charge in [0.2, 0.25) is 0 Å². The normalized spacial score (nSPS) is 19.0. The van der Waals surface area contributed by atoms with Crippen molar-refractivity contribution in [1.82, 2.24) is 14.7 Å². The molecule has 0 spiro atoms. The number of aromatic nitrogens is 2. The monoisotopic (exact) mass is 293 g/mol. The number of piperidine rings is 1. The molecule has 1 aliphatic rings. The first-order chi connectivity index (χ1) is 9.93. The van der Waals surface area contributed by atoms with E-state index in [-0.39, 0.29) is 6.04 Å². The molecule has 0 aromatic carbocycles. The molecular weight excluding hydrogens is 262 g/mol. The van der Waals surface area contributed by atoms with Crippen LogP contribution in [0.1, 0.15) is 37.9 Å². The summed E-state index contributed by atoms with van der Waals surface area (Å²) in [6, 6.07) is 0.774. The molecule has 21 heavy (non-hydrogen) atoms. The Morgan fingerprint density at radius 2 is 2.00 bits per heavy atom. The van der Waals surface area contributed by atoms with E-state index in [0.29, 0.717) is 6.04 Å². The summed E-state index contributed by atoms with van der Waals surface area (Å²) in [6.45, 7) is 9.97. The first-order valence-electron chi connectivity index (χ1n) is 8.17. The van der Waals surface area contributed by atoms with Crippen LogP contribution in [0, 0.1) is 6.92 Å². The Balaban J connectivity index is 2.17. The van der Waals surface area contributed by atoms with Crippen molar-refractivity contribution in [3.63, 3.8) is 0 Å². The highest BCUT2D eigenvalue weighted by molar-refractivity contribution is 5.51. The molecule has 0 radical (unpaired) electrons. The molecule has 0 aliphatic carbocycles. The molecule has 2 N–H and O–H groups in total. The van der Waals surface area contributed by atoms with Gasteiger partial charge in [0.25, 0.3) is 0 Å². The van der Waals surface area contributed by atoms with E-state index in [1.54, 1.807) is 0 Å². The Labute approximate surface area is 129 Å². The van der Waals surface area contributed by atoms with Gasteiger partial charge in [-0.1, -0.05) is 6.92 Å². The molecule has 1 aromatic rings. The van der Waals surface area contributed by atoms with E-state index in [1.165, 1.54) is 37.3 Å². The lowest BCUT2D eigenvalue weighted by atomic mass is 10.0. The summed E-state index contributed by atoms with van der Waals surface area (Å²) >= 11 is 0. The lowest BCUT2D eigenvalue weighted by molar-refractivity contribution is 0.220. The first-order valence-corrected chi connectivity index (χ1v) is 8.17. The third-order valence-electron chi connectivity index (χ3n) is 4.73. The van der Waals surface area contributed by atoms with Crippen molar-refractivity contribution in [3.05, 3.63) is 11.3 Å². The number of likely N-dealkylation sites (tertiary alicyclic amines) is 1. The van der Waals surface area contributed by atoms with Crippen LogP contribution in [0.2, 0.25) is 0 Å². The Kier molecular flexibility index (Phi) is 5.27. The summed E-state index contributed by atoms with van der Waals surface area (Å²) in [5.74, 6) is 1.25. The van der Waals surface area contributed by atoms with E-state index >= 15 is 0 Å². The number of nitrogens with two attached hydrogens (primary N) is 1. The second kappa shape index (κ2) is 6.79. The van der Waals surface area contributed by atoms with Crippen molar-refractivity contribution in [2.75, 3.05) is 31.6 Å². The van der Waals surface area contributed by atoms with Gasteiger partial charge < -0.3 is 15.5 Å². The predicted octanol–water partition coefficient (Wildman–Crippen LogP) is 1.54. The van der Waals surface area contributed by atoms with Crippen LogP contribution >= 0.6 is 0 Å². The summed E-state index contributed by atoms with van der Waals surface area (Å²) in [6.07, 6.45) is 3.35. The van der Waals surface area contributed by atoms with Gasteiger partial charge >= 0.3 is 0 Å². The summed E-state index contributed by atoms with van der Waals surface area (Å²) in [5.41, 5.74) is 8.45. The van der Waals surface area contributed by atoms with E-state index < -0.39 is 0 Å². The van der Waals surface area contributed by atoms with Crippen molar-refractivity contribution >= 4 is 5.82 Å². The predicted molar refractivity (Wildman–Crippen MR) is 88.8 cm³/mol. The number of anilines is 1. The van der Waals surface area contributed by atoms with Crippen LogP contribution < -0.4 is 10.6 Å². The maximum atomic E-state index is 6.02. The SMILES string of the molecule is CCN1CCC(N(C)c2c(CC(C)N)c(C)nn2C)CC1. The minimum atomic E-state index is 0.169. The largest absolute Gasteiger partial charge is 0.357 e. The van der Waals surface area contributed by atoms with Crippen LogP contribution in [-0.2, 0) is 13.5 Å². The number of hydrogen-bond acceptors (Lipinski definition) is 4. The summed E-state index contributed by atoms with van der Waals surface area (Å²) in [7, 11) is 4.26. The maximum absolute atomic E-state index is 6.02. The molecule has 1 unspecified atom stereocenters. The molecule has 0 saturated carbocycles. The minimum absolute atomic E-state index is 0.169. The zero-order chi connectivity index (χ0) is 15.6. The lowest BCUT2D eigenvalue weighted by Gasteiger charge is -2.37. The van der Waals surface area contributed by atoms with Gasteiger partial charge in [-0.2, -0.15) is 5.10 Å². The molecule has 5 heteroatoms. The third-order valence-corrected chi connectivity index (χ3v) is 4.73. The molecule has 120 valence electrons. The topological polar surface area (TPSA) is 50.3 Å². The van der Waals surface area contributed by atoms with Crippen molar-refractivity contribution in [1.29, 1.82) is 0 Å². The van der Waals surface area contributed by atoms with Crippen LogP contribution in [0.15, 0.2) is 0 Å². The van der Waals surface area contributed by atoms with E-state index in [2.05, 4.69) is 42.7 Å². The van der Waals surface area contributed by atoms with Crippen molar-refractivity contribution in [3.8, 4) is 0 Å². The van der Waals surface area contributed by atoms with E-state index in [4.69, 9.17) is 5.73 Å². The summed E-state index contributed by atoms with van der Waals surface area (Å²) in [4.78, 5) is 4.96. The average molecular weight is 293 g/mol. The van der Waals surface area contributed by atoms with Gasteiger partial charge in [-0.15, -0.1) is 0 Å². The molecule has 5 nitrogen and oxygen atoms in total. The maximum Gasteiger partial charge on any atom is 0.130 e. The number of hydrogen-bond donors (Lipinski definition) is 1. The van der Waals surface area contributed by atoms with E-state index in [0.717, 1.165) is 18.7 Å². The molecule has 0 bridgehead atoms. The van der Waals surface area contributed by atoms with Crippen molar-refractivity contribution < 1.29 is 0 Å². The van der Waals surface area contributed by atoms with Crippen LogP contribution in [0.5, 0.6) is 0 Å². The molecule has 1 fully saturated rings. The first kappa shape index (κ1) is 16.3. The second-order valence-corrected chi connectivity index (χ2v) is 6.47. The fraction of sp³-hybridized carbons (Fsp3) is 0.812. The molecule has 1 aromatic heterocycles. The van der Waals surface area contributed by atoms with Crippen LogP contribution in [0.3, 0.4) is 0 Å². The molecule has 2 rings (SSSR count). The van der Waals surface area contributed by atoms with Gasteiger partial charge in [-0.25, -0.2) is 0 Å². The lowest BCUT2D eigenvalue weighted by Crippen LogP contribution is -2.44. The van der Waals surface area contributed by atoms with Crippen LogP contribution in [0.4, 0.5) is 5.82 Å². The van der Waals surface area contributed by atoms with E-state index in [1.807, 2.05) is 11.7 Å². The fourth-order valence-corrected chi connectivity index (χ4v) is 3.49. The number of rotatable bonds is 5. The smallest absolute Gasteiger partial charge is 0.130 e. The van der Waals surface area contributed by atoms with Gasteiger partial charge in [0, 0.05) is 44.8 Å². The van der Waals surface area contributed by atoms with Crippen molar-refractivity contribution in [2.45, 2.75) is 52.1 Å². The van der Waals surface area contributed by atoms with Crippen LogP contribution in [-0.4, -0.2) is 53.4 Å². The van der Waals surface area contributed by atoms with Gasteiger partial charge in [0.15, 0.2) is 0 Å². The zero-order valence-corrected chi connectivity index (χ0v) is 14.3. The molecular formula is C16H31N5. The van der Waals surface area contributed by atoms with Gasteiger partial charge in [-0.3, -0.25) is 4.68 Å². The Morgan fingerprint density at radius 1 is 1.38 bits per heavy atom. The average Bonchev–Trinajstić information content (AvgIpc) is 2.72. The van der Waals surface area contributed by atoms with Gasteiger partial charge in [0.1, 0.15) is 5.82 Å². The number of nitrogens with zero attached hydrogens (tertiary/aromatic N) is 4. The zero-order valence-electron chi connectivity index (χ0n) is 14.3. The Bertz CT molecular complexity index is 457. The van der Waals surface area contributed by atoms with Crippen LogP contribution in [0.25, 0.3) is 0 Å². The van der Waals surface area contributed by atoms with E-state index in [9.17, 15) is 0 Å². The molecule has 2 heterocycles. The van der Waals surface area contributed by atoms with Gasteiger partial charge in [0.05, 0.1) is 5.69 Å². The summed E-state index contributed by atoms with van der Waals surface area (Å²) in [5, 5.41) is 4.62. The Morgan fingerprint density at radius 3 is 2.52 bits per heavy atom. The fourth-order valence-electron chi connectivity index (χ4n) is 3.49. The highest BCUT2D eigenvalue weighted by Gasteiger charge is 2.26. The minimum Gasteiger partial charge on any atom is -0.357 e. The molecule has 1 aliphatic heterocycles. The quantitative estimate of drug-likeness (QED) is 0.895. The van der Waals surface area contributed by atoms with Crippen molar-refractivity contribution in [2.24, 2.45) is 12.8 Å². The Hall–Kier alpha value is -1.07. The molecule has 1 atom stereocenters. The molecule has 0 amide bonds.